The molecular weight excluding hydrogens is 362 g/mol. The van der Waals surface area contributed by atoms with E-state index in [1.807, 2.05) is 45.0 Å². The Morgan fingerprint density at radius 1 is 1.15 bits per heavy atom. The molecule has 1 aliphatic rings. The van der Waals surface area contributed by atoms with E-state index >= 15 is 0 Å². The van der Waals surface area contributed by atoms with Gasteiger partial charge in [0.1, 0.15) is 5.60 Å². The molecule has 2 aromatic carbocycles. The van der Waals surface area contributed by atoms with Gasteiger partial charge in [-0.05, 0) is 80.0 Å². The maximum atomic E-state index is 12.2. The molecule has 0 fully saturated rings. The molecule has 0 radical (unpaired) electrons. The van der Waals surface area contributed by atoms with Crippen molar-refractivity contribution in [3.8, 4) is 11.1 Å². The number of benzene rings is 2. The lowest BCUT2D eigenvalue weighted by Crippen LogP contribution is -2.36. The standard InChI is InChI=1S/C22H24ClNO3/c1-22(2,3)27-21(26)24-19-10-6-7-14-13-15(11-12-17(14)19)16-8-4-5-9-18(16)20(23)25/h4-5,8-9,11-13,19H,6-7,10H2,1-3H3,(H,24,26)/t19-/m1/s1. The molecule has 27 heavy (non-hydrogen) atoms. The number of carbonyl (C=O) groups excluding carboxylic acids is 2. The minimum Gasteiger partial charge on any atom is -0.444 e. The molecule has 1 amide bonds. The second-order valence-electron chi connectivity index (χ2n) is 7.82. The molecule has 3 rings (SSSR count). The third-order valence-electron chi connectivity index (χ3n) is 4.60. The summed E-state index contributed by atoms with van der Waals surface area (Å²) in [5.41, 5.74) is 4.03. The molecule has 2 aromatic rings. The maximum absolute atomic E-state index is 12.2. The zero-order valence-corrected chi connectivity index (χ0v) is 16.6. The van der Waals surface area contributed by atoms with Gasteiger partial charge >= 0.3 is 6.09 Å². The van der Waals surface area contributed by atoms with Crippen molar-refractivity contribution in [1.29, 1.82) is 0 Å². The Balaban J connectivity index is 1.88. The van der Waals surface area contributed by atoms with Crippen molar-refractivity contribution < 1.29 is 14.3 Å². The molecule has 1 atom stereocenters. The van der Waals surface area contributed by atoms with Crippen molar-refractivity contribution in [2.45, 2.75) is 51.7 Å². The molecule has 4 nitrogen and oxygen atoms in total. The zero-order chi connectivity index (χ0) is 19.6. The third kappa shape index (κ3) is 4.69. The Hall–Kier alpha value is -2.33. The summed E-state index contributed by atoms with van der Waals surface area (Å²) in [5, 5.41) is 2.52. The van der Waals surface area contributed by atoms with E-state index in [0.717, 1.165) is 36.0 Å². The van der Waals surface area contributed by atoms with E-state index in [9.17, 15) is 9.59 Å². The summed E-state index contributed by atoms with van der Waals surface area (Å²) in [6.45, 7) is 5.55. The van der Waals surface area contributed by atoms with Crippen molar-refractivity contribution in [3.05, 3.63) is 59.2 Å². The number of fused-ring (bicyclic) bond motifs is 1. The van der Waals surface area contributed by atoms with Crippen LogP contribution in [0.1, 0.15) is 61.1 Å². The van der Waals surface area contributed by atoms with E-state index < -0.39 is 16.9 Å². The minimum absolute atomic E-state index is 0.0671. The van der Waals surface area contributed by atoms with Gasteiger partial charge in [-0.15, -0.1) is 0 Å². The molecule has 1 aliphatic carbocycles. The Labute approximate surface area is 164 Å². The number of alkyl carbamates (subject to hydrolysis) is 1. The van der Waals surface area contributed by atoms with Gasteiger partial charge in [-0.2, -0.15) is 0 Å². The van der Waals surface area contributed by atoms with Crippen LogP contribution in [-0.2, 0) is 11.2 Å². The SMILES string of the molecule is CC(C)(C)OC(=O)N[C@@H]1CCCc2cc(-c3ccccc3C(=O)Cl)ccc21. The molecule has 1 N–H and O–H groups in total. The highest BCUT2D eigenvalue weighted by molar-refractivity contribution is 6.68. The highest BCUT2D eigenvalue weighted by atomic mass is 35.5. The highest BCUT2D eigenvalue weighted by Crippen LogP contribution is 2.34. The molecule has 0 unspecified atom stereocenters. The molecule has 0 saturated carbocycles. The summed E-state index contributed by atoms with van der Waals surface area (Å²) in [6, 6.07) is 13.4. The van der Waals surface area contributed by atoms with Crippen LogP contribution in [0.2, 0.25) is 0 Å². The summed E-state index contributed by atoms with van der Waals surface area (Å²) in [6.07, 6.45) is 2.39. The topological polar surface area (TPSA) is 55.4 Å². The summed E-state index contributed by atoms with van der Waals surface area (Å²) >= 11 is 5.73. The fraction of sp³-hybridized carbons (Fsp3) is 0.364. The average Bonchev–Trinajstić information content (AvgIpc) is 2.60. The predicted molar refractivity (Wildman–Crippen MR) is 107 cm³/mol. The zero-order valence-electron chi connectivity index (χ0n) is 15.8. The van der Waals surface area contributed by atoms with E-state index in [1.54, 1.807) is 12.1 Å². The number of ether oxygens (including phenoxy) is 1. The van der Waals surface area contributed by atoms with Crippen LogP contribution >= 0.6 is 11.6 Å². The molecule has 142 valence electrons. The summed E-state index contributed by atoms with van der Waals surface area (Å²) in [4.78, 5) is 23.9. The predicted octanol–water partition coefficient (Wildman–Crippen LogP) is 5.63. The Morgan fingerprint density at radius 2 is 1.89 bits per heavy atom. The number of carbonyl (C=O) groups is 2. The number of hydrogen-bond donors (Lipinski definition) is 1. The first-order valence-corrected chi connectivity index (χ1v) is 9.54. The van der Waals surface area contributed by atoms with Crippen LogP contribution in [0.25, 0.3) is 11.1 Å². The van der Waals surface area contributed by atoms with E-state index in [0.29, 0.717) is 5.56 Å². The first-order valence-electron chi connectivity index (χ1n) is 9.16. The monoisotopic (exact) mass is 385 g/mol. The van der Waals surface area contributed by atoms with E-state index in [1.165, 1.54) is 5.56 Å². The molecule has 0 heterocycles. The van der Waals surface area contributed by atoms with Crippen molar-refractivity contribution in [2.75, 3.05) is 0 Å². The summed E-state index contributed by atoms with van der Waals surface area (Å²) in [7, 11) is 0. The van der Waals surface area contributed by atoms with Crippen LogP contribution in [-0.4, -0.2) is 16.9 Å². The molecule has 0 aliphatic heterocycles. The van der Waals surface area contributed by atoms with E-state index in [-0.39, 0.29) is 6.04 Å². The number of nitrogens with one attached hydrogen (secondary N) is 1. The molecule has 0 spiro atoms. The van der Waals surface area contributed by atoms with Crippen LogP contribution in [0.4, 0.5) is 4.79 Å². The van der Waals surface area contributed by atoms with Gasteiger partial charge < -0.3 is 10.1 Å². The van der Waals surface area contributed by atoms with Crippen LogP contribution < -0.4 is 5.32 Å². The van der Waals surface area contributed by atoms with Gasteiger partial charge in [0.15, 0.2) is 0 Å². The molecule has 5 heteroatoms. The van der Waals surface area contributed by atoms with Crippen molar-refractivity contribution >= 4 is 22.9 Å². The van der Waals surface area contributed by atoms with E-state index in [4.69, 9.17) is 16.3 Å². The van der Waals surface area contributed by atoms with Gasteiger partial charge in [-0.3, -0.25) is 4.79 Å². The molecule has 0 saturated heterocycles. The summed E-state index contributed by atoms with van der Waals surface area (Å²) in [5.74, 6) is 0. The lowest BCUT2D eigenvalue weighted by molar-refractivity contribution is 0.0498. The van der Waals surface area contributed by atoms with Gasteiger partial charge in [0.25, 0.3) is 5.24 Å². The third-order valence-corrected chi connectivity index (χ3v) is 4.80. The normalized spacial score (nSPS) is 16.4. The van der Waals surface area contributed by atoms with Crippen molar-refractivity contribution in [1.82, 2.24) is 5.32 Å². The summed E-state index contributed by atoms with van der Waals surface area (Å²) < 4.78 is 5.39. The highest BCUT2D eigenvalue weighted by Gasteiger charge is 2.25. The van der Waals surface area contributed by atoms with Gasteiger partial charge in [0.05, 0.1) is 6.04 Å². The van der Waals surface area contributed by atoms with Gasteiger partial charge in [0, 0.05) is 5.56 Å². The fourth-order valence-corrected chi connectivity index (χ4v) is 3.65. The maximum Gasteiger partial charge on any atom is 0.408 e. The second-order valence-corrected chi connectivity index (χ2v) is 8.17. The number of rotatable bonds is 3. The first-order chi connectivity index (χ1) is 12.7. The Morgan fingerprint density at radius 3 is 2.59 bits per heavy atom. The lowest BCUT2D eigenvalue weighted by Gasteiger charge is -2.28. The smallest absolute Gasteiger partial charge is 0.408 e. The van der Waals surface area contributed by atoms with Gasteiger partial charge in [-0.25, -0.2) is 4.79 Å². The molecular formula is C22H24ClNO3. The molecule has 0 aromatic heterocycles. The Kier molecular flexibility index (Phi) is 5.56. The molecule has 0 bridgehead atoms. The van der Waals surface area contributed by atoms with Crippen molar-refractivity contribution in [3.63, 3.8) is 0 Å². The quantitative estimate of drug-likeness (QED) is 0.696. The van der Waals surface area contributed by atoms with Crippen LogP contribution in [0.3, 0.4) is 0 Å². The van der Waals surface area contributed by atoms with E-state index in [2.05, 4.69) is 11.4 Å². The Bertz CT molecular complexity index is 870. The van der Waals surface area contributed by atoms with Crippen LogP contribution in [0, 0.1) is 0 Å². The largest absolute Gasteiger partial charge is 0.444 e. The second kappa shape index (κ2) is 7.73. The lowest BCUT2D eigenvalue weighted by atomic mass is 9.85. The van der Waals surface area contributed by atoms with Gasteiger partial charge in [0.2, 0.25) is 0 Å². The minimum atomic E-state index is -0.525. The average molecular weight is 386 g/mol. The number of amides is 1. The first kappa shape index (κ1) is 19.4. The number of aryl methyl sites for hydroxylation is 1. The van der Waals surface area contributed by atoms with Crippen LogP contribution in [0.15, 0.2) is 42.5 Å². The van der Waals surface area contributed by atoms with Crippen molar-refractivity contribution in [2.24, 2.45) is 0 Å². The fourth-order valence-electron chi connectivity index (χ4n) is 3.49. The number of halogens is 1. The van der Waals surface area contributed by atoms with Gasteiger partial charge in [-0.1, -0.05) is 36.4 Å². The number of hydrogen-bond acceptors (Lipinski definition) is 3. The van der Waals surface area contributed by atoms with Crippen LogP contribution in [0.5, 0.6) is 0 Å².